The average Bonchev–Trinajstić information content (AvgIpc) is 2.62. The zero-order chi connectivity index (χ0) is 11.9. The summed E-state index contributed by atoms with van der Waals surface area (Å²) < 4.78 is 4.85. The van der Waals surface area contributed by atoms with Gasteiger partial charge in [0, 0.05) is 18.3 Å². The van der Waals surface area contributed by atoms with E-state index in [1.165, 1.54) is 11.2 Å². The normalized spacial score (nSPS) is 14.8. The zero-order valence-electron chi connectivity index (χ0n) is 8.80. The van der Waals surface area contributed by atoms with Crippen LogP contribution in [0, 0.1) is 6.92 Å². The molecular weight excluding hydrogens is 214 g/mol. The van der Waals surface area contributed by atoms with Gasteiger partial charge in [-0.1, -0.05) is 5.16 Å². The second-order valence-electron chi connectivity index (χ2n) is 3.31. The van der Waals surface area contributed by atoms with E-state index in [1.807, 2.05) is 0 Å². The van der Waals surface area contributed by atoms with Crippen molar-refractivity contribution >= 4 is 17.4 Å². The Labute approximate surface area is 91.1 Å². The van der Waals surface area contributed by atoms with Crippen LogP contribution in [0.5, 0.6) is 0 Å². The molecule has 0 unspecified atom stereocenters. The Kier molecular flexibility index (Phi) is 2.31. The predicted molar refractivity (Wildman–Crippen MR) is 50.9 cm³/mol. The summed E-state index contributed by atoms with van der Waals surface area (Å²) in [5.41, 5.74) is 0.188. The van der Waals surface area contributed by atoms with E-state index >= 15 is 0 Å². The number of hydrazine groups is 1. The molecule has 0 saturated heterocycles. The van der Waals surface area contributed by atoms with Gasteiger partial charge in [-0.05, 0) is 13.8 Å². The van der Waals surface area contributed by atoms with E-state index < -0.39 is 5.97 Å². The minimum absolute atomic E-state index is 0.0547. The number of carboxylic acids is 1. The molecule has 0 saturated carbocycles. The second kappa shape index (κ2) is 3.53. The van der Waals surface area contributed by atoms with Crippen molar-refractivity contribution in [2.75, 3.05) is 11.7 Å². The van der Waals surface area contributed by atoms with Crippen LogP contribution in [0.4, 0.5) is 5.82 Å². The number of hydrogen-bond donors (Lipinski definition) is 1. The van der Waals surface area contributed by atoms with E-state index in [2.05, 4.69) is 5.16 Å². The largest absolute Gasteiger partial charge is 0.545 e. The van der Waals surface area contributed by atoms with Crippen molar-refractivity contribution in [3.05, 3.63) is 17.5 Å². The Balaban J connectivity index is 2.59. The highest BCUT2D eigenvalue weighted by Crippen LogP contribution is 2.33. The first-order valence-electron chi connectivity index (χ1n) is 4.71. The van der Waals surface area contributed by atoms with Gasteiger partial charge >= 0.3 is 0 Å². The maximum atomic E-state index is 11.0. The number of aliphatic carboxylic acids is 1. The molecule has 0 spiro atoms. The Morgan fingerprint density at radius 1 is 1.69 bits per heavy atom. The molecule has 2 rings (SSSR count). The molecule has 0 fully saturated rings. The summed E-state index contributed by atoms with van der Waals surface area (Å²) in [5.74, 6) is -0.958. The van der Waals surface area contributed by atoms with Crippen LogP contribution in [0.25, 0.3) is 5.57 Å². The first kappa shape index (κ1) is 10.5. The minimum atomic E-state index is -1.33. The van der Waals surface area contributed by atoms with Crippen LogP contribution in [0.15, 0.2) is 10.7 Å². The van der Waals surface area contributed by atoms with Gasteiger partial charge in [0.25, 0.3) is 0 Å². The van der Waals surface area contributed by atoms with Crippen molar-refractivity contribution in [3.63, 3.8) is 0 Å². The molecule has 86 valence electrons. The predicted octanol–water partition coefficient (Wildman–Crippen LogP) is -0.480. The zero-order valence-corrected chi connectivity index (χ0v) is 8.80. The van der Waals surface area contributed by atoms with E-state index in [0.29, 0.717) is 12.3 Å². The highest BCUT2D eigenvalue weighted by molar-refractivity contribution is 6.16. The summed E-state index contributed by atoms with van der Waals surface area (Å²) in [5, 5.41) is 26.3. The van der Waals surface area contributed by atoms with Gasteiger partial charge in [0.05, 0.1) is 11.5 Å². The Morgan fingerprint density at radius 2 is 2.38 bits per heavy atom. The maximum Gasteiger partial charge on any atom is 0.226 e. The number of carbonyl (C=O) groups is 1. The number of anilines is 1. The smallest absolute Gasteiger partial charge is 0.226 e. The molecule has 7 nitrogen and oxygen atoms in total. The molecule has 0 bridgehead atoms. The molecule has 0 amide bonds. The van der Waals surface area contributed by atoms with Crippen LogP contribution >= 0.6 is 0 Å². The van der Waals surface area contributed by atoms with Gasteiger partial charge in [-0.2, -0.15) is 0 Å². The Bertz CT molecular complexity index is 465. The van der Waals surface area contributed by atoms with Gasteiger partial charge in [0.2, 0.25) is 5.82 Å². The fourth-order valence-corrected chi connectivity index (χ4v) is 1.58. The number of aryl methyl sites for hydroxylation is 1. The van der Waals surface area contributed by atoms with E-state index in [0.717, 1.165) is 5.17 Å². The molecular formula is C9H10N3O4-. The quantitative estimate of drug-likeness (QED) is 0.725. The lowest BCUT2D eigenvalue weighted by Crippen LogP contribution is -2.41. The van der Waals surface area contributed by atoms with Crippen molar-refractivity contribution in [1.82, 2.24) is 10.2 Å². The first-order valence-corrected chi connectivity index (χ1v) is 4.71. The van der Waals surface area contributed by atoms with Gasteiger partial charge in [0.15, 0.2) is 0 Å². The first-order chi connectivity index (χ1) is 7.56. The van der Waals surface area contributed by atoms with Crippen molar-refractivity contribution in [1.29, 1.82) is 0 Å². The van der Waals surface area contributed by atoms with Crippen molar-refractivity contribution in [3.8, 4) is 0 Å². The SMILES string of the molecule is CCN1C=C(C(=O)[O-])c2c(noc2C)N1O. The van der Waals surface area contributed by atoms with Gasteiger partial charge in [-0.15, -0.1) is 5.17 Å². The number of aromatic nitrogens is 1. The van der Waals surface area contributed by atoms with Gasteiger partial charge in [0.1, 0.15) is 5.76 Å². The van der Waals surface area contributed by atoms with Gasteiger partial charge in [-0.3, -0.25) is 10.2 Å². The lowest BCUT2D eigenvalue weighted by molar-refractivity contribution is -0.295. The number of rotatable bonds is 2. The minimum Gasteiger partial charge on any atom is -0.545 e. The number of carboxylic acid groups (broad SMARTS) is 1. The second-order valence-corrected chi connectivity index (χ2v) is 3.31. The summed E-state index contributed by atoms with van der Waals surface area (Å²) >= 11 is 0. The molecule has 1 aliphatic heterocycles. The average molecular weight is 224 g/mol. The maximum absolute atomic E-state index is 11.0. The summed E-state index contributed by atoms with van der Waals surface area (Å²) in [6.07, 6.45) is 1.28. The number of hydrogen-bond acceptors (Lipinski definition) is 7. The summed E-state index contributed by atoms with van der Waals surface area (Å²) in [4.78, 5) is 11.0. The third-order valence-electron chi connectivity index (χ3n) is 2.37. The molecule has 0 radical (unpaired) electrons. The van der Waals surface area contributed by atoms with Crippen LogP contribution in [0.2, 0.25) is 0 Å². The standard InChI is InChI=1S/C9H11N3O4/c1-3-11-4-6(9(13)14)7-5(2)16-10-8(7)12(11)15/h4,15H,3H2,1-2H3,(H,13,14)/p-1. The Hall–Kier alpha value is -2.02. The van der Waals surface area contributed by atoms with Gasteiger partial charge < -0.3 is 14.4 Å². The van der Waals surface area contributed by atoms with E-state index in [-0.39, 0.29) is 17.0 Å². The third kappa shape index (κ3) is 1.33. The fraction of sp³-hybridized carbons (Fsp3) is 0.333. The molecule has 1 aromatic rings. The summed E-state index contributed by atoms with van der Waals surface area (Å²) in [7, 11) is 0. The molecule has 1 N–H and O–H groups in total. The fourth-order valence-electron chi connectivity index (χ4n) is 1.58. The molecule has 1 aromatic heterocycles. The molecule has 0 atom stereocenters. The molecule has 1 aliphatic rings. The highest BCUT2D eigenvalue weighted by atomic mass is 16.6. The van der Waals surface area contributed by atoms with Crippen LogP contribution in [0.1, 0.15) is 18.2 Å². The lowest BCUT2D eigenvalue weighted by atomic mass is 10.1. The number of fused-ring (bicyclic) bond motifs is 1. The molecule has 16 heavy (non-hydrogen) atoms. The Morgan fingerprint density at radius 3 is 2.94 bits per heavy atom. The van der Waals surface area contributed by atoms with Crippen molar-refractivity contribution < 1.29 is 19.6 Å². The summed E-state index contributed by atoms with van der Waals surface area (Å²) in [6.45, 7) is 3.71. The molecule has 2 heterocycles. The van der Waals surface area contributed by atoms with Crippen LogP contribution < -0.4 is 10.3 Å². The van der Waals surface area contributed by atoms with Crippen LogP contribution in [0.3, 0.4) is 0 Å². The van der Waals surface area contributed by atoms with E-state index in [9.17, 15) is 15.1 Å². The molecule has 7 heteroatoms. The van der Waals surface area contributed by atoms with E-state index in [4.69, 9.17) is 4.52 Å². The van der Waals surface area contributed by atoms with Crippen LogP contribution in [-0.4, -0.2) is 27.9 Å². The topological polar surface area (TPSA) is 92.9 Å². The third-order valence-corrected chi connectivity index (χ3v) is 2.37. The monoisotopic (exact) mass is 224 g/mol. The summed E-state index contributed by atoms with van der Waals surface area (Å²) in [6, 6.07) is 0. The number of carbonyl (C=O) groups excluding carboxylic acids is 1. The number of nitrogens with zero attached hydrogens (tertiary/aromatic N) is 3. The van der Waals surface area contributed by atoms with Crippen LogP contribution in [-0.2, 0) is 4.79 Å². The highest BCUT2D eigenvalue weighted by Gasteiger charge is 2.29. The van der Waals surface area contributed by atoms with Crippen molar-refractivity contribution in [2.24, 2.45) is 0 Å². The lowest BCUT2D eigenvalue weighted by Gasteiger charge is -2.32. The van der Waals surface area contributed by atoms with Gasteiger partial charge in [-0.25, -0.2) is 0 Å². The van der Waals surface area contributed by atoms with Crippen molar-refractivity contribution in [2.45, 2.75) is 13.8 Å². The van der Waals surface area contributed by atoms with E-state index in [1.54, 1.807) is 13.8 Å². The molecule has 0 aromatic carbocycles. The molecule has 0 aliphatic carbocycles.